The molecule has 2 rings (SSSR count). The fraction of sp³-hybridized carbons (Fsp3) is 0.519. The monoisotopic (exact) mass is 443 g/mol. The number of rotatable bonds is 17. The van der Waals surface area contributed by atoms with Gasteiger partial charge in [0.2, 0.25) is 0 Å². The van der Waals surface area contributed by atoms with Crippen LogP contribution in [0, 0.1) is 0 Å². The maximum atomic E-state index is 11.5. The Hall–Kier alpha value is -1.84. The van der Waals surface area contributed by atoms with Gasteiger partial charge < -0.3 is 0 Å². The van der Waals surface area contributed by atoms with Crippen molar-refractivity contribution in [2.75, 3.05) is 11.7 Å². The maximum absolute atomic E-state index is 11.5. The molecule has 2 aromatic rings. The Kier molecular flexibility index (Phi) is 13.0. The quantitative estimate of drug-likeness (QED) is 0.139. The number of unbranched alkanes of at least 4 members (excludes halogenated alkanes) is 11. The minimum Gasteiger partial charge on any atom is -0.276 e. The van der Waals surface area contributed by atoms with E-state index in [1.165, 1.54) is 70.6 Å². The van der Waals surface area contributed by atoms with Crippen molar-refractivity contribution in [1.82, 2.24) is 0 Å². The van der Waals surface area contributed by atoms with E-state index in [2.05, 4.69) is 6.92 Å². The second kappa shape index (κ2) is 15.9. The summed E-state index contributed by atoms with van der Waals surface area (Å²) in [5, 5.41) is 1.33. The molecule has 0 radical (unpaired) electrons. The fourth-order valence-electron chi connectivity index (χ4n) is 3.71. The third kappa shape index (κ3) is 10.3. The van der Waals surface area contributed by atoms with Gasteiger partial charge in [-0.05, 0) is 48.4 Å². The van der Waals surface area contributed by atoms with Crippen LogP contribution in [-0.4, -0.2) is 11.8 Å². The van der Waals surface area contributed by atoms with E-state index in [0.29, 0.717) is 12.2 Å². The molecule has 0 saturated heterocycles. The average molecular weight is 444 g/mol. The van der Waals surface area contributed by atoms with Crippen molar-refractivity contribution in [2.45, 2.75) is 84.0 Å². The van der Waals surface area contributed by atoms with Crippen molar-refractivity contribution < 1.29 is 9.63 Å². The summed E-state index contributed by atoms with van der Waals surface area (Å²) in [5.74, 6) is 0. The molecule has 4 heteroatoms. The molecule has 31 heavy (non-hydrogen) atoms. The Balaban J connectivity index is 1.69. The first kappa shape index (κ1) is 25.4. The van der Waals surface area contributed by atoms with Crippen LogP contribution in [0.25, 0.3) is 0 Å². The molecule has 0 N–H and O–H groups in total. The summed E-state index contributed by atoms with van der Waals surface area (Å²) in [5.41, 5.74) is 2.20. The number of halogens is 1. The van der Waals surface area contributed by atoms with Crippen LogP contribution in [0.1, 0.15) is 94.3 Å². The molecule has 0 aliphatic carbocycles. The summed E-state index contributed by atoms with van der Waals surface area (Å²) >= 11 is 5.66. The molecule has 0 aliphatic heterocycles. The molecule has 0 spiro atoms. The van der Waals surface area contributed by atoms with Crippen molar-refractivity contribution >= 4 is 28.2 Å². The second-order valence-electron chi connectivity index (χ2n) is 8.18. The lowest BCUT2D eigenvalue weighted by Crippen LogP contribution is -2.18. The van der Waals surface area contributed by atoms with Crippen LogP contribution in [0.2, 0.25) is 0 Å². The summed E-state index contributed by atoms with van der Waals surface area (Å²) in [4.78, 5) is 17.7. The first-order chi connectivity index (χ1) is 15.2. The summed E-state index contributed by atoms with van der Waals surface area (Å²) in [7, 11) is 0. The Morgan fingerprint density at radius 3 is 1.87 bits per heavy atom. The molecule has 2 aromatic carbocycles. The van der Waals surface area contributed by atoms with Gasteiger partial charge in [-0.15, -0.1) is 0 Å². The first-order valence-corrected chi connectivity index (χ1v) is 12.4. The van der Waals surface area contributed by atoms with E-state index in [-0.39, 0.29) is 0 Å². The Morgan fingerprint density at radius 2 is 1.29 bits per heavy atom. The normalized spacial score (nSPS) is 10.9. The highest BCUT2D eigenvalue weighted by Crippen LogP contribution is 2.27. The van der Waals surface area contributed by atoms with Gasteiger partial charge in [0, 0.05) is 5.56 Å². The zero-order chi connectivity index (χ0) is 22.2. The summed E-state index contributed by atoms with van der Waals surface area (Å²) in [6, 6.07) is 17.2. The Morgan fingerprint density at radius 1 is 0.742 bits per heavy atom. The van der Waals surface area contributed by atoms with Crippen LogP contribution in [0.3, 0.4) is 0 Å². The molecule has 0 bridgehead atoms. The second-order valence-corrected chi connectivity index (χ2v) is 8.52. The third-order valence-electron chi connectivity index (χ3n) is 5.52. The minimum absolute atomic E-state index is 0.462. The SMILES string of the molecule is CCCCCCCCCCCCCCON(c1ccccc1)c1cccc(C(=O)Cl)c1. The molecule has 170 valence electrons. The molecule has 0 heterocycles. The van der Waals surface area contributed by atoms with Gasteiger partial charge in [-0.2, -0.15) is 0 Å². The number of benzene rings is 2. The number of hydrogen-bond donors (Lipinski definition) is 0. The van der Waals surface area contributed by atoms with Gasteiger partial charge in [-0.3, -0.25) is 9.63 Å². The number of carbonyl (C=O) groups is 1. The Labute approximate surface area is 193 Å². The molecule has 0 amide bonds. The smallest absolute Gasteiger partial charge is 0.252 e. The van der Waals surface area contributed by atoms with Gasteiger partial charge >= 0.3 is 0 Å². The molecule has 0 unspecified atom stereocenters. The summed E-state index contributed by atoms with van der Waals surface area (Å²) < 4.78 is 0. The van der Waals surface area contributed by atoms with Crippen molar-refractivity contribution in [3.63, 3.8) is 0 Å². The summed E-state index contributed by atoms with van der Waals surface area (Å²) in [6.07, 6.45) is 15.8. The molecule has 0 atom stereocenters. The predicted molar refractivity (Wildman–Crippen MR) is 132 cm³/mol. The van der Waals surface area contributed by atoms with E-state index in [9.17, 15) is 4.79 Å². The zero-order valence-electron chi connectivity index (χ0n) is 19.0. The van der Waals surface area contributed by atoms with Crippen LogP contribution in [0.15, 0.2) is 54.6 Å². The van der Waals surface area contributed by atoms with Gasteiger partial charge in [0.1, 0.15) is 0 Å². The van der Waals surface area contributed by atoms with Crippen molar-refractivity contribution in [3.05, 3.63) is 60.2 Å². The average Bonchev–Trinajstić information content (AvgIpc) is 2.80. The highest BCUT2D eigenvalue weighted by Gasteiger charge is 2.12. The number of hydrogen-bond acceptors (Lipinski definition) is 3. The summed E-state index contributed by atoms with van der Waals surface area (Å²) in [6.45, 7) is 2.91. The largest absolute Gasteiger partial charge is 0.276 e. The van der Waals surface area contributed by atoms with Crippen molar-refractivity contribution in [2.24, 2.45) is 0 Å². The maximum Gasteiger partial charge on any atom is 0.252 e. The van der Waals surface area contributed by atoms with E-state index in [1.54, 1.807) is 17.2 Å². The highest BCUT2D eigenvalue weighted by atomic mass is 35.5. The molecular weight excluding hydrogens is 406 g/mol. The van der Waals surface area contributed by atoms with Gasteiger partial charge in [-0.25, -0.2) is 5.06 Å². The van der Waals surface area contributed by atoms with Crippen LogP contribution >= 0.6 is 11.6 Å². The molecular formula is C27H38ClNO2. The first-order valence-electron chi connectivity index (χ1n) is 12.0. The zero-order valence-corrected chi connectivity index (χ0v) is 19.8. The minimum atomic E-state index is -0.462. The highest BCUT2D eigenvalue weighted by molar-refractivity contribution is 6.67. The van der Waals surface area contributed by atoms with E-state index in [0.717, 1.165) is 17.8 Å². The molecule has 0 fully saturated rings. The Bertz CT molecular complexity index is 735. The molecule has 0 aliphatic rings. The van der Waals surface area contributed by atoms with Crippen LogP contribution in [0.5, 0.6) is 0 Å². The van der Waals surface area contributed by atoms with E-state index >= 15 is 0 Å². The van der Waals surface area contributed by atoms with Crippen LogP contribution in [-0.2, 0) is 4.84 Å². The van der Waals surface area contributed by atoms with Gasteiger partial charge in [0.25, 0.3) is 5.24 Å². The van der Waals surface area contributed by atoms with E-state index in [4.69, 9.17) is 16.4 Å². The number of para-hydroxylation sites is 1. The molecule has 0 aromatic heterocycles. The topological polar surface area (TPSA) is 29.5 Å². The van der Waals surface area contributed by atoms with Crippen molar-refractivity contribution in [3.8, 4) is 0 Å². The van der Waals surface area contributed by atoms with E-state index < -0.39 is 5.24 Å². The number of nitrogens with zero attached hydrogens (tertiary/aromatic N) is 1. The van der Waals surface area contributed by atoms with Crippen LogP contribution < -0.4 is 5.06 Å². The lowest BCUT2D eigenvalue weighted by molar-refractivity contribution is 0.108. The van der Waals surface area contributed by atoms with Gasteiger partial charge in [0.15, 0.2) is 0 Å². The lowest BCUT2D eigenvalue weighted by atomic mass is 10.1. The number of anilines is 2. The van der Waals surface area contributed by atoms with Gasteiger partial charge in [-0.1, -0.05) is 102 Å². The molecule has 3 nitrogen and oxygen atoms in total. The molecule has 0 saturated carbocycles. The fourth-order valence-corrected chi connectivity index (χ4v) is 3.83. The number of carbonyl (C=O) groups excluding carboxylic acids is 1. The lowest BCUT2D eigenvalue weighted by Gasteiger charge is -2.24. The van der Waals surface area contributed by atoms with Crippen molar-refractivity contribution in [1.29, 1.82) is 0 Å². The van der Waals surface area contributed by atoms with Gasteiger partial charge in [0.05, 0.1) is 18.0 Å². The standard InChI is InChI=1S/C27H38ClNO2/c1-2-3-4-5-6-7-8-9-10-11-12-16-22-31-29(25-19-14-13-15-20-25)26-21-17-18-24(23-26)27(28)30/h13-15,17-21,23H,2-12,16,22H2,1H3. The third-order valence-corrected chi connectivity index (χ3v) is 5.73. The predicted octanol–water partition coefficient (Wildman–Crippen LogP) is 8.84. The van der Waals surface area contributed by atoms with E-state index in [1.807, 2.05) is 42.5 Å². The van der Waals surface area contributed by atoms with Crippen LogP contribution in [0.4, 0.5) is 11.4 Å².